The molecule has 104 valence electrons. The van der Waals surface area contributed by atoms with Gasteiger partial charge in [0, 0.05) is 40.1 Å². The number of aromatic nitrogens is 3. The van der Waals surface area contributed by atoms with Crippen LogP contribution in [0.25, 0.3) is 0 Å². The minimum absolute atomic E-state index is 0.695. The van der Waals surface area contributed by atoms with Crippen LogP contribution in [0.3, 0.4) is 0 Å². The SMILES string of the molecule is COc1nc(N(C)C)sc1CNCc1nccn1C. The average molecular weight is 281 g/mol. The molecule has 19 heavy (non-hydrogen) atoms. The van der Waals surface area contributed by atoms with Crippen LogP contribution in [0.15, 0.2) is 12.4 Å². The average Bonchev–Trinajstić information content (AvgIpc) is 2.96. The van der Waals surface area contributed by atoms with Crippen LogP contribution in [-0.4, -0.2) is 35.7 Å². The number of aryl methyl sites for hydroxylation is 1. The topological polar surface area (TPSA) is 55.2 Å². The van der Waals surface area contributed by atoms with E-state index >= 15 is 0 Å². The number of rotatable bonds is 6. The highest BCUT2D eigenvalue weighted by Gasteiger charge is 2.12. The van der Waals surface area contributed by atoms with Crippen molar-refractivity contribution in [3.8, 4) is 5.88 Å². The summed E-state index contributed by atoms with van der Waals surface area (Å²) in [6.07, 6.45) is 3.74. The van der Waals surface area contributed by atoms with Crippen molar-refractivity contribution in [2.45, 2.75) is 13.1 Å². The Morgan fingerprint density at radius 3 is 2.79 bits per heavy atom. The standard InChI is InChI=1S/C12H19N5OS/c1-16(2)12-15-11(18-4)9(19-12)7-13-8-10-14-5-6-17(10)3/h5-6,13H,7-8H2,1-4H3. The first-order valence-electron chi connectivity index (χ1n) is 5.99. The maximum Gasteiger partial charge on any atom is 0.230 e. The quantitative estimate of drug-likeness (QED) is 0.863. The zero-order valence-corrected chi connectivity index (χ0v) is 12.5. The molecule has 2 rings (SSSR count). The van der Waals surface area contributed by atoms with Crippen molar-refractivity contribution in [2.24, 2.45) is 7.05 Å². The lowest BCUT2D eigenvalue weighted by Gasteiger charge is -2.05. The van der Waals surface area contributed by atoms with Crippen molar-refractivity contribution < 1.29 is 4.74 Å². The second-order valence-corrected chi connectivity index (χ2v) is 5.44. The summed E-state index contributed by atoms with van der Waals surface area (Å²) in [7, 11) is 7.59. The fourth-order valence-corrected chi connectivity index (χ4v) is 2.57. The molecule has 0 amide bonds. The van der Waals surface area contributed by atoms with Gasteiger partial charge < -0.3 is 19.5 Å². The van der Waals surface area contributed by atoms with Gasteiger partial charge in [-0.2, -0.15) is 4.98 Å². The second-order valence-electron chi connectivity index (χ2n) is 4.38. The fourth-order valence-electron chi connectivity index (χ4n) is 1.64. The molecule has 0 saturated carbocycles. The van der Waals surface area contributed by atoms with Gasteiger partial charge in [0.15, 0.2) is 5.13 Å². The van der Waals surface area contributed by atoms with Crippen LogP contribution in [-0.2, 0) is 20.1 Å². The molecule has 7 heteroatoms. The summed E-state index contributed by atoms with van der Waals surface area (Å²) in [5.41, 5.74) is 0. The molecule has 6 nitrogen and oxygen atoms in total. The zero-order chi connectivity index (χ0) is 13.8. The lowest BCUT2D eigenvalue weighted by molar-refractivity contribution is 0.394. The number of ether oxygens (including phenoxy) is 1. The summed E-state index contributed by atoms with van der Waals surface area (Å²) in [6.45, 7) is 1.45. The van der Waals surface area contributed by atoms with Gasteiger partial charge in [-0.3, -0.25) is 0 Å². The third-order valence-corrected chi connectivity index (χ3v) is 3.92. The predicted molar refractivity (Wildman–Crippen MR) is 76.7 cm³/mol. The molecule has 0 aliphatic carbocycles. The maximum atomic E-state index is 5.30. The Bertz CT molecular complexity index is 534. The van der Waals surface area contributed by atoms with E-state index in [2.05, 4.69) is 15.3 Å². The minimum atomic E-state index is 0.695. The first kappa shape index (κ1) is 13.8. The van der Waals surface area contributed by atoms with Gasteiger partial charge in [-0.05, 0) is 0 Å². The molecule has 0 saturated heterocycles. The van der Waals surface area contributed by atoms with Crippen LogP contribution in [0.4, 0.5) is 5.13 Å². The molecule has 2 heterocycles. The number of hydrogen-bond acceptors (Lipinski definition) is 6. The van der Waals surface area contributed by atoms with E-state index in [1.54, 1.807) is 24.6 Å². The van der Waals surface area contributed by atoms with Crippen LogP contribution in [0.2, 0.25) is 0 Å². The smallest absolute Gasteiger partial charge is 0.230 e. The van der Waals surface area contributed by atoms with Crippen molar-refractivity contribution in [1.29, 1.82) is 0 Å². The van der Waals surface area contributed by atoms with E-state index in [0.717, 1.165) is 28.9 Å². The highest BCUT2D eigenvalue weighted by Crippen LogP contribution is 2.30. The molecule has 0 spiro atoms. The summed E-state index contributed by atoms with van der Waals surface area (Å²) in [5, 5.41) is 4.31. The highest BCUT2D eigenvalue weighted by molar-refractivity contribution is 7.15. The van der Waals surface area contributed by atoms with Gasteiger partial charge in [-0.25, -0.2) is 4.98 Å². The molecule has 0 bridgehead atoms. The lowest BCUT2D eigenvalue weighted by atomic mass is 10.5. The Hall–Kier alpha value is -1.60. The van der Waals surface area contributed by atoms with Crippen molar-refractivity contribution in [3.05, 3.63) is 23.1 Å². The summed E-state index contributed by atoms with van der Waals surface area (Å²) in [6, 6.07) is 0. The predicted octanol–water partition coefficient (Wildman–Crippen LogP) is 1.24. The van der Waals surface area contributed by atoms with E-state index in [1.807, 2.05) is 36.8 Å². The Morgan fingerprint density at radius 2 is 2.21 bits per heavy atom. The van der Waals surface area contributed by atoms with E-state index in [-0.39, 0.29) is 0 Å². The fraction of sp³-hybridized carbons (Fsp3) is 0.500. The highest BCUT2D eigenvalue weighted by atomic mass is 32.1. The van der Waals surface area contributed by atoms with Crippen molar-refractivity contribution >= 4 is 16.5 Å². The molecule has 0 radical (unpaired) electrons. The van der Waals surface area contributed by atoms with Gasteiger partial charge in [0.2, 0.25) is 5.88 Å². The summed E-state index contributed by atoms with van der Waals surface area (Å²) in [5.74, 6) is 1.71. The Kier molecular flexibility index (Phi) is 4.39. The molecule has 1 N–H and O–H groups in total. The van der Waals surface area contributed by atoms with Gasteiger partial charge in [0.25, 0.3) is 0 Å². The molecule has 0 atom stereocenters. The number of nitrogens with zero attached hydrogens (tertiary/aromatic N) is 4. The number of anilines is 1. The van der Waals surface area contributed by atoms with Crippen molar-refractivity contribution in [2.75, 3.05) is 26.1 Å². The molecule has 0 aliphatic heterocycles. The lowest BCUT2D eigenvalue weighted by Crippen LogP contribution is -2.15. The Morgan fingerprint density at radius 1 is 1.42 bits per heavy atom. The molecule has 2 aromatic rings. The van der Waals surface area contributed by atoms with Gasteiger partial charge >= 0.3 is 0 Å². The molecule has 0 fully saturated rings. The van der Waals surface area contributed by atoms with E-state index in [4.69, 9.17) is 4.74 Å². The van der Waals surface area contributed by atoms with Crippen LogP contribution in [0.5, 0.6) is 5.88 Å². The van der Waals surface area contributed by atoms with Crippen LogP contribution >= 0.6 is 11.3 Å². The molecule has 0 aromatic carbocycles. The van der Waals surface area contributed by atoms with E-state index in [0.29, 0.717) is 5.88 Å². The van der Waals surface area contributed by atoms with E-state index in [9.17, 15) is 0 Å². The number of thiazole rings is 1. The Labute approximate surface area is 117 Å². The minimum Gasteiger partial charge on any atom is -0.480 e. The summed E-state index contributed by atoms with van der Waals surface area (Å²) < 4.78 is 7.30. The largest absolute Gasteiger partial charge is 0.480 e. The van der Waals surface area contributed by atoms with Gasteiger partial charge in [0.05, 0.1) is 18.5 Å². The first-order valence-corrected chi connectivity index (χ1v) is 6.81. The first-order chi connectivity index (χ1) is 9.11. The summed E-state index contributed by atoms with van der Waals surface area (Å²) >= 11 is 1.63. The van der Waals surface area contributed by atoms with Crippen LogP contribution in [0, 0.1) is 0 Å². The number of hydrogen-bond donors (Lipinski definition) is 1. The van der Waals surface area contributed by atoms with Gasteiger partial charge in [0.1, 0.15) is 5.82 Å². The molecule has 0 aliphatic rings. The van der Waals surface area contributed by atoms with Crippen molar-refractivity contribution in [3.63, 3.8) is 0 Å². The number of imidazole rings is 1. The third kappa shape index (κ3) is 3.24. The molecular weight excluding hydrogens is 262 g/mol. The van der Waals surface area contributed by atoms with Gasteiger partial charge in [-0.15, -0.1) is 0 Å². The van der Waals surface area contributed by atoms with Gasteiger partial charge in [-0.1, -0.05) is 11.3 Å². The molecule has 0 unspecified atom stereocenters. The maximum absolute atomic E-state index is 5.30. The second kappa shape index (κ2) is 6.03. The Balaban J connectivity index is 1.97. The monoisotopic (exact) mass is 281 g/mol. The molecular formula is C12H19N5OS. The normalized spacial score (nSPS) is 10.7. The van der Waals surface area contributed by atoms with E-state index in [1.165, 1.54) is 0 Å². The number of nitrogens with one attached hydrogen (secondary N) is 1. The summed E-state index contributed by atoms with van der Waals surface area (Å²) in [4.78, 5) is 11.8. The number of methoxy groups -OCH3 is 1. The van der Waals surface area contributed by atoms with E-state index < -0.39 is 0 Å². The zero-order valence-electron chi connectivity index (χ0n) is 11.7. The van der Waals surface area contributed by atoms with Crippen LogP contribution < -0.4 is 15.0 Å². The van der Waals surface area contributed by atoms with Crippen molar-refractivity contribution in [1.82, 2.24) is 19.9 Å². The molecule has 2 aromatic heterocycles. The third-order valence-electron chi connectivity index (χ3n) is 2.72. The van der Waals surface area contributed by atoms with Crippen LogP contribution in [0.1, 0.15) is 10.7 Å².